The standard InChI is InChI=1S/C20H27NO2/c1-16(2)22-18-10-12-19(13-11-18)23-20(14-15-21(3)4)17-8-6-5-7-9-17/h5-13,16,20H,14-15H2,1-4H3. The fourth-order valence-electron chi connectivity index (χ4n) is 2.37. The van der Waals surface area contributed by atoms with Gasteiger partial charge in [-0.05, 0) is 57.8 Å². The predicted octanol–water partition coefficient (Wildman–Crippen LogP) is 4.55. The van der Waals surface area contributed by atoms with Crippen LogP contribution in [0.3, 0.4) is 0 Å². The van der Waals surface area contributed by atoms with Gasteiger partial charge in [0.25, 0.3) is 0 Å². The minimum Gasteiger partial charge on any atom is -0.491 e. The van der Waals surface area contributed by atoms with Gasteiger partial charge in [0, 0.05) is 13.0 Å². The molecular formula is C20H27NO2. The van der Waals surface area contributed by atoms with Crippen LogP contribution in [0.4, 0.5) is 0 Å². The van der Waals surface area contributed by atoms with Crippen molar-refractivity contribution in [3.63, 3.8) is 0 Å². The summed E-state index contributed by atoms with van der Waals surface area (Å²) in [5.74, 6) is 1.74. The first kappa shape index (κ1) is 17.4. The van der Waals surface area contributed by atoms with E-state index < -0.39 is 0 Å². The fourth-order valence-corrected chi connectivity index (χ4v) is 2.37. The second-order valence-electron chi connectivity index (χ2n) is 6.25. The molecule has 0 N–H and O–H groups in total. The zero-order valence-corrected chi connectivity index (χ0v) is 14.5. The first-order chi connectivity index (χ1) is 11.0. The van der Waals surface area contributed by atoms with Crippen molar-refractivity contribution in [3.05, 3.63) is 60.2 Å². The molecule has 0 spiro atoms. The van der Waals surface area contributed by atoms with Crippen molar-refractivity contribution in [1.82, 2.24) is 4.90 Å². The summed E-state index contributed by atoms with van der Waals surface area (Å²) in [4.78, 5) is 2.18. The van der Waals surface area contributed by atoms with Crippen LogP contribution in [-0.4, -0.2) is 31.6 Å². The summed E-state index contributed by atoms with van der Waals surface area (Å²) in [7, 11) is 4.17. The Morgan fingerprint density at radius 2 is 1.39 bits per heavy atom. The minimum absolute atomic E-state index is 0.0514. The third-order valence-corrected chi connectivity index (χ3v) is 3.48. The molecule has 0 radical (unpaired) electrons. The van der Waals surface area contributed by atoms with E-state index in [1.165, 1.54) is 5.56 Å². The maximum Gasteiger partial charge on any atom is 0.125 e. The highest BCUT2D eigenvalue weighted by atomic mass is 16.5. The van der Waals surface area contributed by atoms with Gasteiger partial charge in [-0.3, -0.25) is 0 Å². The van der Waals surface area contributed by atoms with Gasteiger partial charge in [-0.15, -0.1) is 0 Å². The summed E-state index contributed by atoms with van der Waals surface area (Å²) in [6.07, 6.45) is 1.18. The van der Waals surface area contributed by atoms with E-state index in [1.54, 1.807) is 0 Å². The maximum atomic E-state index is 6.23. The Labute approximate surface area is 139 Å². The average Bonchev–Trinajstić information content (AvgIpc) is 2.53. The number of hydrogen-bond acceptors (Lipinski definition) is 3. The first-order valence-electron chi connectivity index (χ1n) is 8.17. The van der Waals surface area contributed by atoms with Crippen LogP contribution in [0.2, 0.25) is 0 Å². The van der Waals surface area contributed by atoms with Crippen molar-refractivity contribution < 1.29 is 9.47 Å². The van der Waals surface area contributed by atoms with Crippen molar-refractivity contribution in [3.8, 4) is 11.5 Å². The zero-order chi connectivity index (χ0) is 16.7. The van der Waals surface area contributed by atoms with Gasteiger partial charge >= 0.3 is 0 Å². The zero-order valence-electron chi connectivity index (χ0n) is 14.5. The topological polar surface area (TPSA) is 21.7 Å². The molecule has 0 aliphatic heterocycles. The van der Waals surface area contributed by atoms with Crippen molar-refractivity contribution in [1.29, 1.82) is 0 Å². The summed E-state index contributed by atoms with van der Waals surface area (Å²) in [5, 5.41) is 0. The van der Waals surface area contributed by atoms with E-state index in [1.807, 2.05) is 44.2 Å². The largest absolute Gasteiger partial charge is 0.491 e. The van der Waals surface area contributed by atoms with Gasteiger partial charge in [0.05, 0.1) is 6.10 Å². The van der Waals surface area contributed by atoms with Gasteiger partial charge in [0.2, 0.25) is 0 Å². The van der Waals surface area contributed by atoms with Crippen LogP contribution in [0.5, 0.6) is 11.5 Å². The van der Waals surface area contributed by atoms with Crippen LogP contribution in [-0.2, 0) is 0 Å². The molecule has 2 rings (SSSR count). The van der Waals surface area contributed by atoms with Crippen molar-refractivity contribution in [2.75, 3.05) is 20.6 Å². The quantitative estimate of drug-likeness (QED) is 0.714. The van der Waals surface area contributed by atoms with Crippen molar-refractivity contribution in [2.45, 2.75) is 32.5 Å². The fraction of sp³-hybridized carbons (Fsp3) is 0.400. The Hall–Kier alpha value is -2.00. The highest BCUT2D eigenvalue weighted by Gasteiger charge is 2.13. The lowest BCUT2D eigenvalue weighted by Crippen LogP contribution is -2.18. The molecular weight excluding hydrogens is 286 g/mol. The van der Waals surface area contributed by atoms with E-state index in [0.29, 0.717) is 0 Å². The Bertz CT molecular complexity index is 564. The number of nitrogens with zero attached hydrogens (tertiary/aromatic N) is 1. The number of hydrogen-bond donors (Lipinski definition) is 0. The summed E-state index contributed by atoms with van der Waals surface area (Å²) < 4.78 is 11.9. The second-order valence-corrected chi connectivity index (χ2v) is 6.25. The van der Waals surface area contributed by atoms with E-state index in [9.17, 15) is 0 Å². The summed E-state index contributed by atoms with van der Waals surface area (Å²) in [6, 6.07) is 18.3. The van der Waals surface area contributed by atoms with Gasteiger partial charge in [0.1, 0.15) is 17.6 Å². The molecule has 2 aromatic rings. The molecule has 0 fully saturated rings. The normalized spacial score (nSPS) is 12.4. The molecule has 3 heteroatoms. The molecule has 0 heterocycles. The Morgan fingerprint density at radius 3 is 1.91 bits per heavy atom. The van der Waals surface area contributed by atoms with E-state index >= 15 is 0 Å². The van der Waals surface area contributed by atoms with Crippen LogP contribution in [0, 0.1) is 0 Å². The lowest BCUT2D eigenvalue weighted by atomic mass is 10.1. The Balaban J connectivity index is 2.07. The number of benzene rings is 2. The van der Waals surface area contributed by atoms with E-state index in [2.05, 4.69) is 43.3 Å². The highest BCUT2D eigenvalue weighted by Crippen LogP contribution is 2.26. The molecule has 0 saturated carbocycles. The minimum atomic E-state index is 0.0514. The van der Waals surface area contributed by atoms with E-state index in [4.69, 9.17) is 9.47 Å². The van der Waals surface area contributed by atoms with Crippen LogP contribution in [0.15, 0.2) is 54.6 Å². The van der Waals surface area contributed by atoms with E-state index in [-0.39, 0.29) is 12.2 Å². The van der Waals surface area contributed by atoms with E-state index in [0.717, 1.165) is 24.5 Å². The number of ether oxygens (including phenoxy) is 2. The monoisotopic (exact) mass is 313 g/mol. The van der Waals surface area contributed by atoms with Crippen LogP contribution >= 0.6 is 0 Å². The third-order valence-electron chi connectivity index (χ3n) is 3.48. The average molecular weight is 313 g/mol. The maximum absolute atomic E-state index is 6.23. The molecule has 1 atom stereocenters. The third kappa shape index (κ3) is 5.95. The van der Waals surface area contributed by atoms with Crippen LogP contribution < -0.4 is 9.47 Å². The van der Waals surface area contributed by atoms with Crippen molar-refractivity contribution in [2.24, 2.45) is 0 Å². The van der Waals surface area contributed by atoms with Gasteiger partial charge in [-0.2, -0.15) is 0 Å². The predicted molar refractivity (Wildman–Crippen MR) is 95.2 cm³/mol. The molecule has 0 saturated heterocycles. The van der Waals surface area contributed by atoms with Gasteiger partial charge in [0.15, 0.2) is 0 Å². The molecule has 124 valence electrons. The Morgan fingerprint density at radius 1 is 0.826 bits per heavy atom. The molecule has 0 amide bonds. The summed E-state index contributed by atoms with van der Waals surface area (Å²) in [6.45, 7) is 5.03. The summed E-state index contributed by atoms with van der Waals surface area (Å²) in [5.41, 5.74) is 1.21. The molecule has 0 aliphatic rings. The van der Waals surface area contributed by atoms with Gasteiger partial charge < -0.3 is 14.4 Å². The molecule has 23 heavy (non-hydrogen) atoms. The lowest BCUT2D eigenvalue weighted by Gasteiger charge is -2.22. The molecule has 0 aromatic heterocycles. The molecule has 3 nitrogen and oxygen atoms in total. The second kappa shape index (κ2) is 8.59. The smallest absolute Gasteiger partial charge is 0.125 e. The van der Waals surface area contributed by atoms with Gasteiger partial charge in [-0.1, -0.05) is 30.3 Å². The molecule has 0 bridgehead atoms. The molecule has 1 unspecified atom stereocenters. The molecule has 0 aliphatic carbocycles. The van der Waals surface area contributed by atoms with Crippen LogP contribution in [0.1, 0.15) is 31.9 Å². The van der Waals surface area contributed by atoms with Gasteiger partial charge in [-0.25, -0.2) is 0 Å². The Kier molecular flexibility index (Phi) is 6.48. The summed E-state index contributed by atoms with van der Waals surface area (Å²) >= 11 is 0. The SMILES string of the molecule is CC(C)Oc1ccc(OC(CCN(C)C)c2ccccc2)cc1. The lowest BCUT2D eigenvalue weighted by molar-refractivity contribution is 0.179. The number of rotatable bonds is 8. The highest BCUT2D eigenvalue weighted by molar-refractivity contribution is 5.32. The van der Waals surface area contributed by atoms with Crippen LogP contribution in [0.25, 0.3) is 0 Å². The molecule has 2 aromatic carbocycles. The van der Waals surface area contributed by atoms with Crippen molar-refractivity contribution >= 4 is 0 Å². The first-order valence-corrected chi connectivity index (χ1v) is 8.17.